The number of hydrogen-bond acceptors (Lipinski definition) is 5. The van der Waals surface area contributed by atoms with Crippen LogP contribution in [0.25, 0.3) is 0 Å². The molecule has 1 fully saturated rings. The third-order valence-electron chi connectivity index (χ3n) is 3.78. The highest BCUT2D eigenvalue weighted by Crippen LogP contribution is 2.14. The van der Waals surface area contributed by atoms with E-state index in [1.807, 2.05) is 19.9 Å². The van der Waals surface area contributed by atoms with E-state index >= 15 is 0 Å². The van der Waals surface area contributed by atoms with E-state index in [0.29, 0.717) is 12.0 Å². The third kappa shape index (κ3) is 5.25. The molecule has 118 valence electrons. The number of morpholine rings is 1. The molecule has 0 spiro atoms. The number of nitrogens with zero attached hydrogens (tertiary/aromatic N) is 3. The SMILES string of the molecule is Cc1cc(C)nc(NC[C@@H](CC(C)C)N2CCOCC2)n1. The predicted octanol–water partition coefficient (Wildman–Crippen LogP) is 2.25. The smallest absolute Gasteiger partial charge is 0.223 e. The van der Waals surface area contributed by atoms with E-state index in [9.17, 15) is 0 Å². The average molecular weight is 292 g/mol. The van der Waals surface area contributed by atoms with Gasteiger partial charge in [-0.05, 0) is 32.3 Å². The van der Waals surface area contributed by atoms with Gasteiger partial charge in [0.1, 0.15) is 0 Å². The third-order valence-corrected chi connectivity index (χ3v) is 3.78. The first-order chi connectivity index (χ1) is 10.0. The number of rotatable bonds is 6. The van der Waals surface area contributed by atoms with E-state index in [1.54, 1.807) is 0 Å². The minimum absolute atomic E-state index is 0.512. The minimum atomic E-state index is 0.512. The Balaban J connectivity index is 1.97. The van der Waals surface area contributed by atoms with Gasteiger partial charge in [0, 0.05) is 37.1 Å². The molecular formula is C16H28N4O. The second-order valence-corrected chi connectivity index (χ2v) is 6.29. The Morgan fingerprint density at radius 1 is 1.19 bits per heavy atom. The van der Waals surface area contributed by atoms with Gasteiger partial charge in [-0.1, -0.05) is 13.8 Å². The number of aromatic nitrogens is 2. The summed E-state index contributed by atoms with van der Waals surface area (Å²) in [5.74, 6) is 1.43. The summed E-state index contributed by atoms with van der Waals surface area (Å²) in [6.45, 7) is 13.2. The molecular weight excluding hydrogens is 264 g/mol. The van der Waals surface area contributed by atoms with Crippen molar-refractivity contribution in [2.45, 2.75) is 40.2 Å². The zero-order valence-electron chi connectivity index (χ0n) is 13.7. The van der Waals surface area contributed by atoms with Crippen molar-refractivity contribution >= 4 is 5.95 Å². The molecule has 0 aliphatic carbocycles. The topological polar surface area (TPSA) is 50.3 Å². The molecule has 5 nitrogen and oxygen atoms in total. The van der Waals surface area contributed by atoms with E-state index in [-0.39, 0.29) is 0 Å². The maximum absolute atomic E-state index is 5.46. The Kier molecular flexibility index (Phi) is 5.94. The molecule has 1 atom stereocenters. The molecule has 0 saturated carbocycles. The predicted molar refractivity (Wildman–Crippen MR) is 85.6 cm³/mol. The van der Waals surface area contributed by atoms with Crippen LogP contribution in [0.1, 0.15) is 31.7 Å². The number of anilines is 1. The van der Waals surface area contributed by atoms with Crippen LogP contribution in [-0.4, -0.2) is 53.8 Å². The van der Waals surface area contributed by atoms with Crippen molar-refractivity contribution in [3.8, 4) is 0 Å². The van der Waals surface area contributed by atoms with Crippen LogP contribution >= 0.6 is 0 Å². The Morgan fingerprint density at radius 3 is 2.38 bits per heavy atom. The largest absolute Gasteiger partial charge is 0.379 e. The second kappa shape index (κ2) is 7.71. The van der Waals surface area contributed by atoms with Crippen molar-refractivity contribution in [2.75, 3.05) is 38.2 Å². The number of hydrogen-bond donors (Lipinski definition) is 1. The Hall–Kier alpha value is -1.20. The van der Waals surface area contributed by atoms with Crippen LogP contribution < -0.4 is 5.32 Å². The van der Waals surface area contributed by atoms with Crippen molar-refractivity contribution in [2.24, 2.45) is 5.92 Å². The van der Waals surface area contributed by atoms with E-state index in [4.69, 9.17) is 4.74 Å². The molecule has 0 bridgehead atoms. The van der Waals surface area contributed by atoms with Crippen LogP contribution in [0.3, 0.4) is 0 Å². The van der Waals surface area contributed by atoms with Crippen molar-refractivity contribution in [1.82, 2.24) is 14.9 Å². The molecule has 2 rings (SSSR count). The number of ether oxygens (including phenoxy) is 1. The van der Waals surface area contributed by atoms with E-state index in [0.717, 1.165) is 50.2 Å². The molecule has 1 aliphatic rings. The maximum atomic E-state index is 5.46. The summed E-state index contributed by atoms with van der Waals surface area (Å²) < 4.78 is 5.46. The van der Waals surface area contributed by atoms with E-state index < -0.39 is 0 Å². The molecule has 0 amide bonds. The van der Waals surface area contributed by atoms with Crippen molar-refractivity contribution in [3.05, 3.63) is 17.5 Å². The molecule has 1 N–H and O–H groups in total. The molecule has 0 aromatic carbocycles. The zero-order valence-corrected chi connectivity index (χ0v) is 13.7. The summed E-state index contributed by atoms with van der Waals surface area (Å²) >= 11 is 0. The average Bonchev–Trinajstić information content (AvgIpc) is 2.43. The van der Waals surface area contributed by atoms with E-state index in [2.05, 4.69) is 34.0 Å². The molecule has 5 heteroatoms. The highest BCUT2D eigenvalue weighted by Gasteiger charge is 2.22. The van der Waals surface area contributed by atoms with Gasteiger partial charge in [-0.2, -0.15) is 0 Å². The van der Waals surface area contributed by atoms with Gasteiger partial charge in [0.05, 0.1) is 13.2 Å². The van der Waals surface area contributed by atoms with Crippen LogP contribution in [0.4, 0.5) is 5.95 Å². The lowest BCUT2D eigenvalue weighted by molar-refractivity contribution is 0.0150. The molecule has 1 aromatic rings. The van der Waals surface area contributed by atoms with Gasteiger partial charge in [-0.15, -0.1) is 0 Å². The van der Waals surface area contributed by atoms with Gasteiger partial charge < -0.3 is 10.1 Å². The Bertz CT molecular complexity index is 424. The molecule has 0 radical (unpaired) electrons. The van der Waals surface area contributed by atoms with Gasteiger partial charge >= 0.3 is 0 Å². The van der Waals surface area contributed by atoms with Crippen LogP contribution in [0.2, 0.25) is 0 Å². The second-order valence-electron chi connectivity index (χ2n) is 6.29. The quantitative estimate of drug-likeness (QED) is 0.871. The fourth-order valence-electron chi connectivity index (χ4n) is 2.86. The molecule has 1 aromatic heterocycles. The first-order valence-electron chi connectivity index (χ1n) is 7.92. The zero-order chi connectivity index (χ0) is 15.2. The molecule has 2 heterocycles. The van der Waals surface area contributed by atoms with Crippen molar-refractivity contribution < 1.29 is 4.74 Å². The number of aryl methyl sites for hydroxylation is 2. The normalized spacial score (nSPS) is 18.0. The highest BCUT2D eigenvalue weighted by atomic mass is 16.5. The van der Waals surface area contributed by atoms with Gasteiger partial charge in [-0.25, -0.2) is 9.97 Å². The van der Waals surface area contributed by atoms with Crippen LogP contribution in [-0.2, 0) is 4.74 Å². The van der Waals surface area contributed by atoms with Gasteiger partial charge in [0.25, 0.3) is 0 Å². The lowest BCUT2D eigenvalue weighted by Gasteiger charge is -2.35. The standard InChI is InChI=1S/C16H28N4O/c1-12(2)9-15(20-5-7-21-8-6-20)11-17-16-18-13(3)10-14(4)19-16/h10,12,15H,5-9,11H2,1-4H3,(H,17,18,19)/t15-/m1/s1. The maximum Gasteiger partial charge on any atom is 0.223 e. The minimum Gasteiger partial charge on any atom is -0.379 e. The lowest BCUT2D eigenvalue weighted by atomic mass is 10.0. The van der Waals surface area contributed by atoms with E-state index in [1.165, 1.54) is 6.42 Å². The Morgan fingerprint density at radius 2 is 1.81 bits per heavy atom. The first kappa shape index (κ1) is 16.2. The summed E-state index contributed by atoms with van der Waals surface area (Å²) in [5, 5.41) is 3.42. The highest BCUT2D eigenvalue weighted by molar-refractivity contribution is 5.27. The Labute approximate surface area is 128 Å². The molecule has 1 saturated heterocycles. The number of nitrogens with one attached hydrogen (secondary N) is 1. The molecule has 0 unspecified atom stereocenters. The summed E-state index contributed by atoms with van der Waals surface area (Å²) in [6, 6.07) is 2.51. The van der Waals surface area contributed by atoms with Gasteiger partial charge in [-0.3, -0.25) is 4.90 Å². The fraction of sp³-hybridized carbons (Fsp3) is 0.750. The van der Waals surface area contributed by atoms with Crippen LogP contribution in [0, 0.1) is 19.8 Å². The summed E-state index contributed by atoms with van der Waals surface area (Å²) in [6.07, 6.45) is 1.18. The van der Waals surface area contributed by atoms with Gasteiger partial charge in [0.15, 0.2) is 0 Å². The van der Waals surface area contributed by atoms with Crippen molar-refractivity contribution in [3.63, 3.8) is 0 Å². The van der Waals surface area contributed by atoms with Gasteiger partial charge in [0.2, 0.25) is 5.95 Å². The van der Waals surface area contributed by atoms with Crippen LogP contribution in [0.15, 0.2) is 6.07 Å². The summed E-state index contributed by atoms with van der Waals surface area (Å²) in [7, 11) is 0. The summed E-state index contributed by atoms with van der Waals surface area (Å²) in [5.41, 5.74) is 2.02. The fourth-order valence-corrected chi connectivity index (χ4v) is 2.86. The van der Waals surface area contributed by atoms with Crippen LogP contribution in [0.5, 0.6) is 0 Å². The molecule has 21 heavy (non-hydrogen) atoms. The lowest BCUT2D eigenvalue weighted by Crippen LogP contribution is -2.47. The van der Waals surface area contributed by atoms with Crippen molar-refractivity contribution in [1.29, 1.82) is 0 Å². The molecule has 1 aliphatic heterocycles. The first-order valence-corrected chi connectivity index (χ1v) is 7.92. The summed E-state index contributed by atoms with van der Waals surface area (Å²) in [4.78, 5) is 11.5. The monoisotopic (exact) mass is 292 g/mol.